The molecule has 0 atom stereocenters. The fourth-order valence-corrected chi connectivity index (χ4v) is 1.82. The van der Waals surface area contributed by atoms with Crippen LogP contribution in [-0.4, -0.2) is 9.55 Å². The van der Waals surface area contributed by atoms with Gasteiger partial charge in [-0.15, -0.1) is 0 Å². The van der Waals surface area contributed by atoms with E-state index < -0.39 is 0 Å². The zero-order valence-electron chi connectivity index (χ0n) is 9.99. The zero-order chi connectivity index (χ0) is 11.5. The summed E-state index contributed by atoms with van der Waals surface area (Å²) >= 11 is 0. The number of aryl methyl sites for hydroxylation is 3. The number of imidazole rings is 1. The molecule has 2 aromatic rings. The van der Waals surface area contributed by atoms with Gasteiger partial charge in [-0.3, -0.25) is 0 Å². The number of anilines is 1. The summed E-state index contributed by atoms with van der Waals surface area (Å²) in [4.78, 5) is 4.09. The summed E-state index contributed by atoms with van der Waals surface area (Å²) < 4.78 is 2.02. The molecule has 1 aromatic carbocycles. The second kappa shape index (κ2) is 4.39. The van der Waals surface area contributed by atoms with Gasteiger partial charge in [0, 0.05) is 18.9 Å². The Balaban J connectivity index is 2.07. The predicted octanol–water partition coefficient (Wildman–Crippen LogP) is 2.65. The van der Waals surface area contributed by atoms with Crippen molar-refractivity contribution < 1.29 is 0 Å². The highest BCUT2D eigenvalue weighted by molar-refractivity contribution is 5.48. The Hall–Kier alpha value is -1.77. The van der Waals surface area contributed by atoms with Gasteiger partial charge in [-0.05, 0) is 37.1 Å². The van der Waals surface area contributed by atoms with E-state index in [0.717, 1.165) is 6.54 Å². The average molecular weight is 215 g/mol. The lowest BCUT2D eigenvalue weighted by molar-refractivity contribution is 0.837. The SMILES string of the molecule is Cc1cc(C)cc(NCc2cncn2C)c1. The van der Waals surface area contributed by atoms with Crippen molar-refractivity contribution in [3.8, 4) is 0 Å². The number of hydrogen-bond donors (Lipinski definition) is 1. The molecule has 1 heterocycles. The Labute approximate surface area is 96.1 Å². The van der Waals surface area contributed by atoms with E-state index in [4.69, 9.17) is 0 Å². The van der Waals surface area contributed by atoms with E-state index in [1.807, 2.05) is 24.1 Å². The van der Waals surface area contributed by atoms with Crippen LogP contribution in [0.3, 0.4) is 0 Å². The fourth-order valence-electron chi connectivity index (χ4n) is 1.82. The molecule has 3 heteroatoms. The van der Waals surface area contributed by atoms with E-state index in [9.17, 15) is 0 Å². The largest absolute Gasteiger partial charge is 0.379 e. The van der Waals surface area contributed by atoms with Crippen LogP contribution in [0.1, 0.15) is 16.8 Å². The van der Waals surface area contributed by atoms with Crippen molar-refractivity contribution in [2.24, 2.45) is 7.05 Å². The smallest absolute Gasteiger partial charge is 0.0946 e. The maximum absolute atomic E-state index is 4.09. The van der Waals surface area contributed by atoms with Crippen molar-refractivity contribution >= 4 is 5.69 Å². The first-order valence-corrected chi connectivity index (χ1v) is 5.42. The lowest BCUT2D eigenvalue weighted by Gasteiger charge is -2.08. The molecule has 1 N–H and O–H groups in total. The quantitative estimate of drug-likeness (QED) is 0.853. The van der Waals surface area contributed by atoms with Crippen LogP contribution in [-0.2, 0) is 13.6 Å². The summed E-state index contributed by atoms with van der Waals surface area (Å²) in [5.74, 6) is 0. The van der Waals surface area contributed by atoms with Crippen LogP contribution in [0, 0.1) is 13.8 Å². The second-order valence-electron chi connectivity index (χ2n) is 4.23. The first-order chi connectivity index (χ1) is 7.65. The Morgan fingerprint density at radius 1 is 1.19 bits per heavy atom. The van der Waals surface area contributed by atoms with Gasteiger partial charge in [0.2, 0.25) is 0 Å². The Kier molecular flexibility index (Phi) is 2.95. The molecular formula is C13H17N3. The second-order valence-corrected chi connectivity index (χ2v) is 4.23. The van der Waals surface area contributed by atoms with E-state index in [1.165, 1.54) is 22.5 Å². The van der Waals surface area contributed by atoms with Crippen molar-refractivity contribution in [1.29, 1.82) is 0 Å². The Morgan fingerprint density at radius 2 is 1.88 bits per heavy atom. The van der Waals surface area contributed by atoms with Gasteiger partial charge in [0.25, 0.3) is 0 Å². The van der Waals surface area contributed by atoms with Gasteiger partial charge in [-0.25, -0.2) is 4.98 Å². The van der Waals surface area contributed by atoms with Crippen LogP contribution in [0.5, 0.6) is 0 Å². The molecule has 84 valence electrons. The molecule has 0 aliphatic heterocycles. The maximum Gasteiger partial charge on any atom is 0.0946 e. The van der Waals surface area contributed by atoms with E-state index in [-0.39, 0.29) is 0 Å². The van der Waals surface area contributed by atoms with Crippen LogP contribution in [0.15, 0.2) is 30.7 Å². The molecular weight excluding hydrogens is 198 g/mol. The molecule has 16 heavy (non-hydrogen) atoms. The van der Waals surface area contributed by atoms with Gasteiger partial charge < -0.3 is 9.88 Å². The number of nitrogens with zero attached hydrogens (tertiary/aromatic N) is 2. The number of hydrogen-bond acceptors (Lipinski definition) is 2. The standard InChI is InChI=1S/C13H17N3/c1-10-4-11(2)6-12(5-10)15-8-13-7-14-9-16(13)3/h4-7,9,15H,8H2,1-3H3. The van der Waals surface area contributed by atoms with Crippen LogP contribution < -0.4 is 5.32 Å². The highest BCUT2D eigenvalue weighted by Crippen LogP contribution is 2.14. The van der Waals surface area contributed by atoms with Crippen LogP contribution in [0.25, 0.3) is 0 Å². The predicted molar refractivity (Wildman–Crippen MR) is 66.5 cm³/mol. The zero-order valence-corrected chi connectivity index (χ0v) is 9.99. The molecule has 3 nitrogen and oxygen atoms in total. The number of nitrogens with one attached hydrogen (secondary N) is 1. The topological polar surface area (TPSA) is 29.9 Å². The van der Waals surface area contributed by atoms with E-state index >= 15 is 0 Å². The molecule has 0 saturated carbocycles. The minimum absolute atomic E-state index is 0.805. The van der Waals surface area contributed by atoms with E-state index in [1.54, 1.807) is 0 Å². The van der Waals surface area contributed by atoms with Crippen LogP contribution in [0.4, 0.5) is 5.69 Å². The molecule has 0 radical (unpaired) electrons. The third kappa shape index (κ3) is 2.42. The maximum atomic E-state index is 4.09. The first-order valence-electron chi connectivity index (χ1n) is 5.42. The van der Waals surface area contributed by atoms with E-state index in [0.29, 0.717) is 0 Å². The monoisotopic (exact) mass is 215 g/mol. The molecule has 0 unspecified atom stereocenters. The van der Waals surface area contributed by atoms with Crippen molar-refractivity contribution in [2.75, 3.05) is 5.32 Å². The lowest BCUT2D eigenvalue weighted by Crippen LogP contribution is -2.04. The normalized spacial score (nSPS) is 10.4. The summed E-state index contributed by atoms with van der Waals surface area (Å²) in [7, 11) is 2.01. The summed E-state index contributed by atoms with van der Waals surface area (Å²) in [6.45, 7) is 5.03. The third-order valence-corrected chi connectivity index (χ3v) is 2.61. The van der Waals surface area contributed by atoms with Crippen LogP contribution in [0.2, 0.25) is 0 Å². The summed E-state index contributed by atoms with van der Waals surface area (Å²) in [6, 6.07) is 6.49. The molecule has 1 aromatic heterocycles. The number of aromatic nitrogens is 2. The molecule has 0 fully saturated rings. The molecule has 0 spiro atoms. The van der Waals surface area contributed by atoms with Gasteiger partial charge in [0.05, 0.1) is 18.6 Å². The minimum atomic E-state index is 0.805. The summed E-state index contributed by atoms with van der Waals surface area (Å²) in [5, 5.41) is 3.41. The first kappa shape index (κ1) is 10.7. The van der Waals surface area contributed by atoms with Gasteiger partial charge >= 0.3 is 0 Å². The Bertz CT molecular complexity index is 465. The van der Waals surface area contributed by atoms with Gasteiger partial charge in [-0.2, -0.15) is 0 Å². The molecule has 0 bridgehead atoms. The van der Waals surface area contributed by atoms with Crippen molar-refractivity contribution in [1.82, 2.24) is 9.55 Å². The molecule has 2 rings (SSSR count). The van der Waals surface area contributed by atoms with Crippen LogP contribution >= 0.6 is 0 Å². The van der Waals surface area contributed by atoms with Crippen molar-refractivity contribution in [3.05, 3.63) is 47.5 Å². The van der Waals surface area contributed by atoms with Crippen molar-refractivity contribution in [2.45, 2.75) is 20.4 Å². The van der Waals surface area contributed by atoms with E-state index in [2.05, 4.69) is 42.3 Å². The highest BCUT2D eigenvalue weighted by Gasteiger charge is 1.99. The molecule has 0 aliphatic rings. The lowest BCUT2D eigenvalue weighted by atomic mass is 10.1. The van der Waals surface area contributed by atoms with Gasteiger partial charge in [0.1, 0.15) is 0 Å². The number of benzene rings is 1. The van der Waals surface area contributed by atoms with Crippen molar-refractivity contribution in [3.63, 3.8) is 0 Å². The summed E-state index contributed by atoms with van der Waals surface area (Å²) in [5.41, 5.74) is 4.91. The van der Waals surface area contributed by atoms with Gasteiger partial charge in [-0.1, -0.05) is 6.07 Å². The molecule has 0 amide bonds. The molecule has 0 aliphatic carbocycles. The third-order valence-electron chi connectivity index (χ3n) is 2.61. The summed E-state index contributed by atoms with van der Waals surface area (Å²) in [6.07, 6.45) is 3.70. The average Bonchev–Trinajstić information content (AvgIpc) is 2.59. The van der Waals surface area contributed by atoms with Gasteiger partial charge in [0.15, 0.2) is 0 Å². The Morgan fingerprint density at radius 3 is 2.44 bits per heavy atom. The number of rotatable bonds is 3. The fraction of sp³-hybridized carbons (Fsp3) is 0.308. The highest BCUT2D eigenvalue weighted by atomic mass is 15.0. The molecule has 0 saturated heterocycles. The minimum Gasteiger partial charge on any atom is -0.379 e.